The van der Waals surface area contributed by atoms with Crippen LogP contribution in [0.2, 0.25) is 0 Å². The third-order valence-corrected chi connectivity index (χ3v) is 4.02. The molecule has 0 radical (unpaired) electrons. The van der Waals surface area contributed by atoms with Crippen molar-refractivity contribution in [2.75, 3.05) is 0 Å². The fourth-order valence-corrected chi connectivity index (χ4v) is 2.84. The molecule has 22 heavy (non-hydrogen) atoms. The number of hydrogen-bond donors (Lipinski definition) is 0. The SMILES string of the molecule is Cc1ccccc1-c1nc2cc3ccccc3cc2n[n+]1C. The Labute approximate surface area is 128 Å². The van der Waals surface area contributed by atoms with Gasteiger partial charge in [-0.3, -0.25) is 0 Å². The van der Waals surface area contributed by atoms with Crippen molar-refractivity contribution in [2.45, 2.75) is 6.92 Å². The molecule has 3 nitrogen and oxygen atoms in total. The number of hydrogen-bond acceptors (Lipinski definition) is 2. The predicted octanol–water partition coefficient (Wildman–Crippen LogP) is 3.58. The van der Waals surface area contributed by atoms with E-state index in [4.69, 9.17) is 10.1 Å². The molecule has 1 aromatic heterocycles. The number of rotatable bonds is 1. The van der Waals surface area contributed by atoms with E-state index in [1.165, 1.54) is 16.3 Å². The average Bonchev–Trinajstić information content (AvgIpc) is 2.53. The van der Waals surface area contributed by atoms with Crippen molar-refractivity contribution in [1.82, 2.24) is 10.1 Å². The van der Waals surface area contributed by atoms with Gasteiger partial charge in [-0.15, -0.1) is 4.68 Å². The van der Waals surface area contributed by atoms with E-state index >= 15 is 0 Å². The van der Waals surface area contributed by atoms with Gasteiger partial charge in [-0.25, -0.2) is 0 Å². The molecule has 0 aliphatic rings. The van der Waals surface area contributed by atoms with Gasteiger partial charge >= 0.3 is 5.82 Å². The molecule has 4 aromatic rings. The monoisotopic (exact) mass is 286 g/mol. The van der Waals surface area contributed by atoms with Crippen LogP contribution in [-0.4, -0.2) is 10.1 Å². The fourth-order valence-electron chi connectivity index (χ4n) is 2.84. The van der Waals surface area contributed by atoms with E-state index in [0.29, 0.717) is 0 Å². The van der Waals surface area contributed by atoms with E-state index < -0.39 is 0 Å². The Kier molecular flexibility index (Phi) is 2.86. The highest BCUT2D eigenvalue weighted by atomic mass is 15.3. The maximum atomic E-state index is 4.86. The zero-order valence-electron chi connectivity index (χ0n) is 12.6. The van der Waals surface area contributed by atoms with E-state index in [1.54, 1.807) is 0 Å². The van der Waals surface area contributed by atoms with Crippen molar-refractivity contribution in [3.8, 4) is 11.4 Å². The van der Waals surface area contributed by atoms with Gasteiger partial charge in [0.25, 0.3) is 0 Å². The lowest BCUT2D eigenvalue weighted by molar-refractivity contribution is -0.720. The summed E-state index contributed by atoms with van der Waals surface area (Å²) in [5, 5.41) is 7.07. The number of fused-ring (bicyclic) bond motifs is 2. The van der Waals surface area contributed by atoms with Gasteiger partial charge in [0.15, 0.2) is 5.52 Å². The lowest BCUT2D eigenvalue weighted by Gasteiger charge is -2.03. The number of aromatic nitrogens is 3. The van der Waals surface area contributed by atoms with Crippen LogP contribution >= 0.6 is 0 Å². The molecule has 0 aliphatic heterocycles. The molecule has 4 rings (SSSR count). The summed E-state index contributed by atoms with van der Waals surface area (Å²) in [6.45, 7) is 2.10. The van der Waals surface area contributed by atoms with Gasteiger partial charge in [-0.2, -0.15) is 0 Å². The number of aryl methyl sites for hydroxylation is 2. The van der Waals surface area contributed by atoms with Gasteiger partial charge < -0.3 is 0 Å². The maximum Gasteiger partial charge on any atom is 0.351 e. The molecule has 0 saturated carbocycles. The first-order valence-corrected chi connectivity index (χ1v) is 7.35. The summed E-state index contributed by atoms with van der Waals surface area (Å²) in [6.07, 6.45) is 0. The molecular formula is C19H16N3+. The van der Waals surface area contributed by atoms with Gasteiger partial charge in [0.1, 0.15) is 7.05 Å². The van der Waals surface area contributed by atoms with Gasteiger partial charge in [0.05, 0.1) is 5.56 Å². The van der Waals surface area contributed by atoms with Crippen molar-refractivity contribution in [1.29, 1.82) is 0 Å². The zero-order chi connectivity index (χ0) is 15.1. The molecular weight excluding hydrogens is 270 g/mol. The Hall–Kier alpha value is -2.81. The van der Waals surface area contributed by atoms with Crippen molar-refractivity contribution in [2.24, 2.45) is 7.05 Å². The minimum Gasteiger partial charge on any atom is -0.133 e. The van der Waals surface area contributed by atoms with Crippen LogP contribution in [0, 0.1) is 6.92 Å². The summed E-state index contributed by atoms with van der Waals surface area (Å²) in [4.78, 5) is 4.86. The third-order valence-electron chi connectivity index (χ3n) is 4.02. The summed E-state index contributed by atoms with van der Waals surface area (Å²) in [7, 11) is 1.95. The summed E-state index contributed by atoms with van der Waals surface area (Å²) in [5.41, 5.74) is 4.16. The molecule has 0 amide bonds. The first-order chi connectivity index (χ1) is 10.7. The van der Waals surface area contributed by atoms with Crippen molar-refractivity contribution >= 4 is 21.8 Å². The third kappa shape index (κ3) is 2.02. The molecule has 0 spiro atoms. The summed E-state index contributed by atoms with van der Waals surface area (Å²) in [6, 6.07) is 20.8. The van der Waals surface area contributed by atoms with Crippen LogP contribution in [0.25, 0.3) is 33.2 Å². The molecule has 1 heterocycles. The number of nitrogens with zero attached hydrogens (tertiary/aromatic N) is 3. The quantitative estimate of drug-likeness (QED) is 0.395. The second-order valence-electron chi connectivity index (χ2n) is 5.56. The van der Waals surface area contributed by atoms with Gasteiger partial charge in [-0.1, -0.05) is 47.6 Å². The summed E-state index contributed by atoms with van der Waals surface area (Å²) in [5.74, 6) is 0.890. The fraction of sp³-hybridized carbons (Fsp3) is 0.105. The molecule has 0 unspecified atom stereocenters. The largest absolute Gasteiger partial charge is 0.351 e. The molecule has 106 valence electrons. The molecule has 0 atom stereocenters. The topological polar surface area (TPSA) is 29.7 Å². The highest BCUT2D eigenvalue weighted by Crippen LogP contribution is 2.22. The second-order valence-corrected chi connectivity index (χ2v) is 5.56. The van der Waals surface area contributed by atoms with E-state index in [2.05, 4.69) is 43.3 Å². The Morgan fingerprint density at radius 3 is 2.18 bits per heavy atom. The summed E-state index contributed by atoms with van der Waals surface area (Å²) < 4.78 is 1.86. The predicted molar refractivity (Wildman–Crippen MR) is 88.4 cm³/mol. The van der Waals surface area contributed by atoms with Crippen molar-refractivity contribution < 1.29 is 4.68 Å². The first kappa shape index (κ1) is 12.9. The van der Waals surface area contributed by atoms with Gasteiger partial charge in [0.2, 0.25) is 5.52 Å². The maximum absolute atomic E-state index is 4.86. The highest BCUT2D eigenvalue weighted by molar-refractivity contribution is 5.94. The molecule has 0 aliphatic carbocycles. The minimum atomic E-state index is 0.890. The normalized spacial score (nSPS) is 11.2. The van der Waals surface area contributed by atoms with Crippen molar-refractivity contribution in [3.63, 3.8) is 0 Å². The molecule has 3 heteroatoms. The Morgan fingerprint density at radius 1 is 0.818 bits per heavy atom. The van der Waals surface area contributed by atoms with Crippen LogP contribution in [0.5, 0.6) is 0 Å². The second kappa shape index (κ2) is 4.88. The lowest BCUT2D eigenvalue weighted by Crippen LogP contribution is -2.37. The lowest BCUT2D eigenvalue weighted by atomic mass is 10.1. The molecule has 0 saturated heterocycles. The highest BCUT2D eigenvalue weighted by Gasteiger charge is 2.18. The van der Waals surface area contributed by atoms with Crippen LogP contribution in [-0.2, 0) is 7.05 Å². The van der Waals surface area contributed by atoms with Crippen LogP contribution < -0.4 is 4.68 Å². The smallest absolute Gasteiger partial charge is 0.133 e. The molecule has 0 fully saturated rings. The van der Waals surface area contributed by atoms with Crippen LogP contribution in [0.1, 0.15) is 5.56 Å². The Morgan fingerprint density at radius 2 is 1.45 bits per heavy atom. The van der Waals surface area contributed by atoms with Crippen LogP contribution in [0.3, 0.4) is 0 Å². The van der Waals surface area contributed by atoms with Crippen molar-refractivity contribution in [3.05, 3.63) is 66.2 Å². The standard InChI is InChI=1S/C19H16N3/c1-13-7-3-6-10-16(13)19-20-17-11-14-8-4-5-9-15(14)12-18(17)21-22(19)2/h3-12H,1-2H3/q+1. The Balaban J connectivity index is 2.03. The van der Waals surface area contributed by atoms with Crippen LogP contribution in [0.4, 0.5) is 0 Å². The molecule has 0 N–H and O–H groups in total. The number of benzene rings is 3. The minimum absolute atomic E-state index is 0.890. The average molecular weight is 286 g/mol. The van der Waals surface area contributed by atoms with E-state index in [9.17, 15) is 0 Å². The van der Waals surface area contributed by atoms with E-state index in [0.717, 1.165) is 22.4 Å². The molecule has 0 bridgehead atoms. The van der Waals surface area contributed by atoms with E-state index in [1.807, 2.05) is 36.0 Å². The van der Waals surface area contributed by atoms with Gasteiger partial charge in [-0.05, 0) is 46.4 Å². The Bertz CT molecular complexity index is 1010. The van der Waals surface area contributed by atoms with Gasteiger partial charge in [0, 0.05) is 0 Å². The van der Waals surface area contributed by atoms with E-state index in [-0.39, 0.29) is 0 Å². The summed E-state index contributed by atoms with van der Waals surface area (Å²) >= 11 is 0. The zero-order valence-corrected chi connectivity index (χ0v) is 12.6. The first-order valence-electron chi connectivity index (χ1n) is 7.35. The molecule has 3 aromatic carbocycles. The van der Waals surface area contributed by atoms with Crippen LogP contribution in [0.15, 0.2) is 60.7 Å².